The second kappa shape index (κ2) is 10.8. The van der Waals surface area contributed by atoms with Crippen molar-refractivity contribution in [3.05, 3.63) is 29.6 Å². The van der Waals surface area contributed by atoms with E-state index in [-0.39, 0.29) is 41.9 Å². The summed E-state index contributed by atoms with van der Waals surface area (Å²) in [5.74, 6) is 0.0477. The first-order valence-corrected chi connectivity index (χ1v) is 9.63. The summed E-state index contributed by atoms with van der Waals surface area (Å²) in [6.07, 6.45) is -0.326. The molecule has 2 rings (SSSR count). The predicted octanol–water partition coefficient (Wildman–Crippen LogP) is 3.31. The molecule has 9 heteroatoms. The Morgan fingerprint density at radius 1 is 1.28 bits per heavy atom. The summed E-state index contributed by atoms with van der Waals surface area (Å²) in [6.45, 7) is 11.9. The van der Waals surface area contributed by atoms with E-state index in [1.54, 1.807) is 11.0 Å². The van der Waals surface area contributed by atoms with E-state index in [9.17, 15) is 9.18 Å². The molecular formula is C20H33FIN5O2. The fraction of sp³-hybridized carbons (Fsp3) is 0.600. The van der Waals surface area contributed by atoms with E-state index >= 15 is 0 Å². The van der Waals surface area contributed by atoms with Crippen LogP contribution in [0, 0.1) is 5.82 Å². The summed E-state index contributed by atoms with van der Waals surface area (Å²) >= 11 is 0. The van der Waals surface area contributed by atoms with Gasteiger partial charge in [0.2, 0.25) is 0 Å². The van der Waals surface area contributed by atoms with E-state index in [1.165, 1.54) is 6.07 Å². The number of aliphatic imine (C=N–C) groups is 1. The Balaban J connectivity index is 0.00000420. The maximum atomic E-state index is 14.6. The first-order valence-electron chi connectivity index (χ1n) is 9.63. The number of amides is 1. The SMILES string of the molecule is CC(C)NC(N)=NCc1ccc(N2CCN(C(=O)OC(C)(C)C)CC2)c(F)c1.I. The molecule has 1 aromatic rings. The van der Waals surface area contributed by atoms with Crippen LogP contribution in [0.1, 0.15) is 40.2 Å². The van der Waals surface area contributed by atoms with Gasteiger partial charge in [0.25, 0.3) is 0 Å². The molecule has 0 aromatic heterocycles. The topological polar surface area (TPSA) is 83.2 Å². The van der Waals surface area contributed by atoms with Gasteiger partial charge in [-0.25, -0.2) is 14.2 Å². The number of rotatable bonds is 4. The Labute approximate surface area is 189 Å². The van der Waals surface area contributed by atoms with Crippen LogP contribution >= 0.6 is 24.0 Å². The number of anilines is 1. The van der Waals surface area contributed by atoms with Gasteiger partial charge < -0.3 is 25.6 Å². The van der Waals surface area contributed by atoms with Crippen molar-refractivity contribution in [3.63, 3.8) is 0 Å². The average Bonchev–Trinajstić information content (AvgIpc) is 2.58. The third-order valence-electron chi connectivity index (χ3n) is 4.15. The number of halogens is 2. The number of carbonyl (C=O) groups is 1. The van der Waals surface area contributed by atoms with E-state index in [4.69, 9.17) is 10.5 Å². The first kappa shape index (κ1) is 25.3. The molecule has 1 aliphatic heterocycles. The largest absolute Gasteiger partial charge is 0.444 e. The number of nitrogens with zero attached hydrogens (tertiary/aromatic N) is 3. The van der Waals surface area contributed by atoms with Gasteiger partial charge in [-0.05, 0) is 52.3 Å². The van der Waals surface area contributed by atoms with Gasteiger partial charge in [0.05, 0.1) is 12.2 Å². The molecule has 1 amide bonds. The summed E-state index contributed by atoms with van der Waals surface area (Å²) in [7, 11) is 0. The molecule has 0 saturated carbocycles. The van der Waals surface area contributed by atoms with Gasteiger partial charge in [0.15, 0.2) is 5.96 Å². The van der Waals surface area contributed by atoms with Gasteiger partial charge in [0, 0.05) is 32.2 Å². The highest BCUT2D eigenvalue weighted by Crippen LogP contribution is 2.23. The van der Waals surface area contributed by atoms with Gasteiger partial charge in [-0.3, -0.25) is 0 Å². The Bertz CT molecular complexity index is 713. The number of guanidine groups is 1. The number of carbonyl (C=O) groups excluding carboxylic acids is 1. The number of piperazine rings is 1. The minimum Gasteiger partial charge on any atom is -0.444 e. The second-order valence-electron chi connectivity index (χ2n) is 8.24. The van der Waals surface area contributed by atoms with Crippen molar-refractivity contribution in [1.29, 1.82) is 0 Å². The minimum atomic E-state index is -0.521. The monoisotopic (exact) mass is 521 g/mol. The zero-order valence-electron chi connectivity index (χ0n) is 17.9. The zero-order chi connectivity index (χ0) is 20.9. The molecule has 7 nitrogen and oxygen atoms in total. The van der Waals surface area contributed by atoms with Gasteiger partial charge in [-0.1, -0.05) is 6.07 Å². The smallest absolute Gasteiger partial charge is 0.410 e. The lowest BCUT2D eigenvalue weighted by Gasteiger charge is -2.36. The van der Waals surface area contributed by atoms with Gasteiger partial charge >= 0.3 is 6.09 Å². The molecule has 0 spiro atoms. The Morgan fingerprint density at radius 3 is 2.41 bits per heavy atom. The zero-order valence-corrected chi connectivity index (χ0v) is 20.2. The number of nitrogens with one attached hydrogen (secondary N) is 1. The lowest BCUT2D eigenvalue weighted by atomic mass is 10.1. The highest BCUT2D eigenvalue weighted by molar-refractivity contribution is 14.0. The highest BCUT2D eigenvalue weighted by atomic mass is 127. The average molecular weight is 521 g/mol. The highest BCUT2D eigenvalue weighted by Gasteiger charge is 2.26. The Morgan fingerprint density at radius 2 is 1.90 bits per heavy atom. The first-order chi connectivity index (χ1) is 13.0. The van der Waals surface area contributed by atoms with Gasteiger partial charge in [-0.15, -0.1) is 24.0 Å². The molecule has 1 aliphatic rings. The normalized spacial score (nSPS) is 15.2. The quantitative estimate of drug-likeness (QED) is 0.361. The van der Waals surface area contributed by atoms with Crippen LogP contribution in [0.5, 0.6) is 0 Å². The maximum Gasteiger partial charge on any atom is 0.410 e. The molecule has 164 valence electrons. The van der Waals surface area contributed by atoms with E-state index < -0.39 is 5.60 Å². The van der Waals surface area contributed by atoms with Crippen molar-refractivity contribution in [2.75, 3.05) is 31.1 Å². The molecule has 0 unspecified atom stereocenters. The molecule has 0 radical (unpaired) electrons. The molecule has 3 N–H and O–H groups in total. The molecule has 1 aromatic carbocycles. The van der Waals surface area contributed by atoms with Crippen LogP contribution in [0.15, 0.2) is 23.2 Å². The summed E-state index contributed by atoms with van der Waals surface area (Å²) in [5, 5.41) is 3.00. The molecule has 0 bridgehead atoms. The number of nitrogens with two attached hydrogens (primary N) is 1. The molecule has 0 aliphatic carbocycles. The van der Waals surface area contributed by atoms with Crippen molar-refractivity contribution in [3.8, 4) is 0 Å². The van der Waals surface area contributed by atoms with E-state index in [2.05, 4.69) is 10.3 Å². The number of hydrogen-bond acceptors (Lipinski definition) is 4. The standard InChI is InChI=1S/C20H32FN5O2.HI/c1-14(2)24-18(22)23-13-15-6-7-17(16(21)12-15)25-8-10-26(11-9-25)19(27)28-20(3,4)5;/h6-7,12,14H,8-11,13H2,1-5H3,(H3,22,23,24);1H. The predicted molar refractivity (Wildman–Crippen MR) is 125 cm³/mol. The van der Waals surface area contributed by atoms with Gasteiger partial charge in [0.1, 0.15) is 11.4 Å². The van der Waals surface area contributed by atoms with Crippen molar-refractivity contribution in [2.45, 2.75) is 52.8 Å². The molecule has 1 fully saturated rings. The van der Waals surface area contributed by atoms with Crippen LogP contribution in [-0.2, 0) is 11.3 Å². The lowest BCUT2D eigenvalue weighted by molar-refractivity contribution is 0.0240. The van der Waals surface area contributed by atoms with E-state index in [0.29, 0.717) is 44.4 Å². The van der Waals surface area contributed by atoms with Crippen LogP contribution in [0.3, 0.4) is 0 Å². The molecule has 29 heavy (non-hydrogen) atoms. The Hall–Kier alpha value is -1.78. The van der Waals surface area contributed by atoms with Crippen LogP contribution in [0.25, 0.3) is 0 Å². The molecule has 1 heterocycles. The number of ether oxygens (including phenoxy) is 1. The maximum absolute atomic E-state index is 14.6. The fourth-order valence-corrected chi connectivity index (χ4v) is 2.88. The lowest BCUT2D eigenvalue weighted by Crippen LogP contribution is -2.50. The van der Waals surface area contributed by atoms with E-state index in [1.807, 2.05) is 45.6 Å². The van der Waals surface area contributed by atoms with Crippen LogP contribution in [0.4, 0.5) is 14.9 Å². The summed E-state index contributed by atoms with van der Waals surface area (Å²) in [5.41, 5.74) is 6.54. The minimum absolute atomic E-state index is 0. The van der Waals surface area contributed by atoms with E-state index in [0.717, 1.165) is 5.56 Å². The van der Waals surface area contributed by atoms with Crippen molar-refractivity contribution in [1.82, 2.24) is 10.2 Å². The Kier molecular flexibility index (Phi) is 9.44. The molecule has 1 saturated heterocycles. The fourth-order valence-electron chi connectivity index (χ4n) is 2.88. The number of benzene rings is 1. The van der Waals surface area contributed by atoms with Crippen LogP contribution < -0.4 is 16.0 Å². The van der Waals surface area contributed by atoms with Crippen LogP contribution in [-0.4, -0.2) is 54.8 Å². The van der Waals surface area contributed by atoms with Crippen molar-refractivity contribution in [2.24, 2.45) is 10.7 Å². The molecular weight excluding hydrogens is 488 g/mol. The summed E-state index contributed by atoms with van der Waals surface area (Å²) in [4.78, 5) is 20.0. The van der Waals surface area contributed by atoms with Crippen LogP contribution in [0.2, 0.25) is 0 Å². The second-order valence-corrected chi connectivity index (χ2v) is 8.24. The summed E-state index contributed by atoms with van der Waals surface area (Å²) in [6, 6.07) is 5.30. The van der Waals surface area contributed by atoms with Gasteiger partial charge in [-0.2, -0.15) is 0 Å². The number of hydrogen-bond donors (Lipinski definition) is 2. The van der Waals surface area contributed by atoms with Crippen molar-refractivity contribution < 1.29 is 13.9 Å². The summed E-state index contributed by atoms with van der Waals surface area (Å²) < 4.78 is 20.0. The third kappa shape index (κ3) is 8.23. The third-order valence-corrected chi connectivity index (χ3v) is 4.15. The molecule has 0 atom stereocenters. The van der Waals surface area contributed by atoms with Crippen molar-refractivity contribution >= 4 is 41.7 Å².